The average Bonchev–Trinajstić information content (AvgIpc) is 3.33. The molecule has 2 aromatic carbocycles. The number of nitrogens with one attached hydrogen (secondary N) is 1. The maximum absolute atomic E-state index is 5.84. The fraction of sp³-hybridized carbons (Fsp3) is 0.250. The van der Waals surface area contributed by atoms with E-state index in [1.165, 1.54) is 23.4 Å². The molecule has 1 unspecified atom stereocenters. The molecule has 0 amide bonds. The lowest BCUT2D eigenvalue weighted by Gasteiger charge is -2.07. The van der Waals surface area contributed by atoms with Crippen molar-refractivity contribution < 1.29 is 4.74 Å². The third-order valence-corrected chi connectivity index (χ3v) is 5.24. The predicted molar refractivity (Wildman–Crippen MR) is 98.3 cm³/mol. The lowest BCUT2D eigenvalue weighted by molar-refractivity contribution is 0.306. The van der Waals surface area contributed by atoms with Crippen LogP contribution in [0.4, 0.5) is 0 Å². The van der Waals surface area contributed by atoms with Gasteiger partial charge in [-0.2, -0.15) is 0 Å². The Balaban J connectivity index is 1.42. The Bertz CT molecular complexity index is 777. The Labute approximate surface area is 146 Å². The zero-order valence-corrected chi connectivity index (χ0v) is 14.3. The van der Waals surface area contributed by atoms with Crippen LogP contribution in [0.5, 0.6) is 5.75 Å². The summed E-state index contributed by atoms with van der Waals surface area (Å²) in [6.45, 7) is 1.70. The molecule has 1 aliphatic rings. The van der Waals surface area contributed by atoms with E-state index in [0.29, 0.717) is 12.6 Å². The van der Waals surface area contributed by atoms with Crippen molar-refractivity contribution in [1.82, 2.24) is 10.3 Å². The van der Waals surface area contributed by atoms with E-state index in [-0.39, 0.29) is 0 Å². The minimum Gasteiger partial charge on any atom is -0.489 e. The smallest absolute Gasteiger partial charge is 0.119 e. The van der Waals surface area contributed by atoms with Crippen molar-refractivity contribution in [2.75, 3.05) is 6.54 Å². The van der Waals surface area contributed by atoms with Crippen LogP contribution < -0.4 is 10.1 Å². The van der Waals surface area contributed by atoms with Crippen LogP contribution in [-0.2, 0) is 6.61 Å². The molecule has 0 saturated carbocycles. The molecule has 1 N–H and O–H groups in total. The Hall–Kier alpha value is -2.17. The van der Waals surface area contributed by atoms with E-state index in [4.69, 9.17) is 9.72 Å². The minimum absolute atomic E-state index is 0.442. The second-order valence-corrected chi connectivity index (χ2v) is 6.91. The van der Waals surface area contributed by atoms with Gasteiger partial charge in [0.15, 0.2) is 0 Å². The van der Waals surface area contributed by atoms with Gasteiger partial charge in [0, 0.05) is 10.9 Å². The van der Waals surface area contributed by atoms with E-state index in [0.717, 1.165) is 23.6 Å². The van der Waals surface area contributed by atoms with E-state index in [1.54, 1.807) is 11.3 Å². The molecule has 3 nitrogen and oxygen atoms in total. The largest absolute Gasteiger partial charge is 0.489 e. The second-order valence-electron chi connectivity index (χ2n) is 6.02. The summed E-state index contributed by atoms with van der Waals surface area (Å²) in [6, 6.07) is 18.9. The van der Waals surface area contributed by atoms with Gasteiger partial charge in [0.05, 0.1) is 11.7 Å². The van der Waals surface area contributed by atoms with Crippen molar-refractivity contribution in [2.45, 2.75) is 25.5 Å². The summed E-state index contributed by atoms with van der Waals surface area (Å²) < 4.78 is 5.84. The first-order valence-corrected chi connectivity index (χ1v) is 9.22. The summed E-state index contributed by atoms with van der Waals surface area (Å²) in [5, 5.41) is 6.86. The normalized spacial score (nSPS) is 17.1. The number of benzene rings is 2. The summed E-state index contributed by atoms with van der Waals surface area (Å²) in [6.07, 6.45) is 2.44. The van der Waals surface area contributed by atoms with Gasteiger partial charge in [0.1, 0.15) is 17.4 Å². The molecule has 4 heteroatoms. The first-order chi connectivity index (χ1) is 11.9. The first-order valence-electron chi connectivity index (χ1n) is 8.34. The van der Waals surface area contributed by atoms with Gasteiger partial charge < -0.3 is 10.1 Å². The van der Waals surface area contributed by atoms with Crippen molar-refractivity contribution in [3.63, 3.8) is 0 Å². The summed E-state index contributed by atoms with van der Waals surface area (Å²) in [4.78, 5) is 4.80. The average molecular weight is 336 g/mol. The van der Waals surface area contributed by atoms with Crippen LogP contribution in [0.1, 0.15) is 29.5 Å². The Morgan fingerprint density at radius 1 is 1.08 bits per heavy atom. The number of ether oxygens (including phenoxy) is 1. The van der Waals surface area contributed by atoms with E-state index < -0.39 is 0 Å². The molecule has 24 heavy (non-hydrogen) atoms. The molecule has 1 fully saturated rings. The van der Waals surface area contributed by atoms with Crippen molar-refractivity contribution in [2.24, 2.45) is 0 Å². The molecule has 0 radical (unpaired) electrons. The van der Waals surface area contributed by atoms with Gasteiger partial charge in [-0.25, -0.2) is 4.98 Å². The number of hydrogen-bond donors (Lipinski definition) is 1. The molecule has 3 aromatic rings. The van der Waals surface area contributed by atoms with Crippen molar-refractivity contribution in [3.05, 3.63) is 70.5 Å². The molecule has 1 saturated heterocycles. The fourth-order valence-corrected chi connectivity index (χ4v) is 3.88. The van der Waals surface area contributed by atoms with Crippen LogP contribution in [0.25, 0.3) is 11.3 Å². The van der Waals surface area contributed by atoms with Crippen LogP contribution >= 0.6 is 11.3 Å². The van der Waals surface area contributed by atoms with E-state index >= 15 is 0 Å². The lowest BCUT2D eigenvalue weighted by atomic mass is 10.1. The molecule has 1 aliphatic heterocycles. The summed E-state index contributed by atoms with van der Waals surface area (Å²) >= 11 is 1.75. The summed E-state index contributed by atoms with van der Waals surface area (Å²) in [7, 11) is 0. The van der Waals surface area contributed by atoms with Gasteiger partial charge in [-0.05, 0) is 49.2 Å². The maximum Gasteiger partial charge on any atom is 0.119 e. The van der Waals surface area contributed by atoms with Gasteiger partial charge in [-0.1, -0.05) is 30.3 Å². The van der Waals surface area contributed by atoms with Crippen molar-refractivity contribution in [1.29, 1.82) is 0 Å². The molecule has 1 atom stereocenters. The third kappa shape index (κ3) is 3.50. The summed E-state index contributed by atoms with van der Waals surface area (Å²) in [5.74, 6) is 0.885. The number of thiazole rings is 1. The molecular formula is C20H20N2OS. The second kappa shape index (κ2) is 7.16. The van der Waals surface area contributed by atoms with E-state index in [1.807, 2.05) is 30.3 Å². The zero-order valence-electron chi connectivity index (χ0n) is 13.4. The Morgan fingerprint density at radius 2 is 1.92 bits per heavy atom. The van der Waals surface area contributed by atoms with Crippen molar-refractivity contribution >= 4 is 11.3 Å². The predicted octanol–water partition coefficient (Wildman–Crippen LogP) is 4.81. The minimum atomic E-state index is 0.442. The highest BCUT2D eigenvalue weighted by Gasteiger charge is 2.19. The maximum atomic E-state index is 5.84. The topological polar surface area (TPSA) is 34.1 Å². The fourth-order valence-electron chi connectivity index (χ4n) is 2.94. The Kier molecular flexibility index (Phi) is 4.58. The third-order valence-electron chi connectivity index (χ3n) is 4.28. The van der Waals surface area contributed by atoms with Crippen LogP contribution in [-0.4, -0.2) is 11.5 Å². The number of nitrogens with zero attached hydrogens (tertiary/aromatic N) is 1. The van der Waals surface area contributed by atoms with Gasteiger partial charge in [0.25, 0.3) is 0 Å². The van der Waals surface area contributed by atoms with Crippen LogP contribution in [0.15, 0.2) is 60.0 Å². The molecule has 2 heterocycles. The van der Waals surface area contributed by atoms with Crippen molar-refractivity contribution in [3.8, 4) is 17.0 Å². The molecule has 0 aliphatic carbocycles. The number of hydrogen-bond acceptors (Lipinski definition) is 4. The van der Waals surface area contributed by atoms with Gasteiger partial charge in [-0.3, -0.25) is 0 Å². The molecule has 0 spiro atoms. The highest BCUT2D eigenvalue weighted by molar-refractivity contribution is 7.10. The van der Waals surface area contributed by atoms with Crippen LogP contribution in [0.3, 0.4) is 0 Å². The standard InChI is InChI=1S/C20H20N2OS/c1-2-5-15(6-3-1)13-23-17-10-8-16(9-11-17)19-14-24-20(22-19)18-7-4-12-21-18/h1-3,5-6,8-11,14,18,21H,4,7,12-13H2. The van der Waals surface area contributed by atoms with E-state index in [9.17, 15) is 0 Å². The number of rotatable bonds is 5. The highest BCUT2D eigenvalue weighted by Crippen LogP contribution is 2.30. The van der Waals surface area contributed by atoms with E-state index in [2.05, 4.69) is 35.0 Å². The Morgan fingerprint density at radius 3 is 2.67 bits per heavy atom. The molecule has 4 rings (SSSR count). The number of aromatic nitrogens is 1. The van der Waals surface area contributed by atoms with Gasteiger partial charge >= 0.3 is 0 Å². The van der Waals surface area contributed by atoms with Gasteiger partial charge in [-0.15, -0.1) is 11.3 Å². The van der Waals surface area contributed by atoms with Crippen LogP contribution in [0.2, 0.25) is 0 Å². The highest BCUT2D eigenvalue weighted by atomic mass is 32.1. The lowest BCUT2D eigenvalue weighted by Crippen LogP contribution is -2.12. The zero-order chi connectivity index (χ0) is 16.2. The molecule has 1 aromatic heterocycles. The van der Waals surface area contributed by atoms with Gasteiger partial charge in [0.2, 0.25) is 0 Å². The quantitative estimate of drug-likeness (QED) is 0.726. The SMILES string of the molecule is c1ccc(COc2ccc(-c3csc(C4CCCN4)n3)cc2)cc1. The van der Waals surface area contributed by atoms with Crippen LogP contribution in [0, 0.1) is 0 Å². The monoisotopic (exact) mass is 336 g/mol. The first kappa shape index (κ1) is 15.4. The summed E-state index contributed by atoms with van der Waals surface area (Å²) in [5.41, 5.74) is 3.37. The molecule has 0 bridgehead atoms. The molecular weight excluding hydrogens is 316 g/mol. The molecule has 122 valence electrons.